The number of nitrogens with zero attached hydrogens (tertiary/aromatic N) is 1. The zero-order chi connectivity index (χ0) is 24.1. The summed E-state index contributed by atoms with van der Waals surface area (Å²) in [5.41, 5.74) is 2.15. The van der Waals surface area contributed by atoms with Gasteiger partial charge in [0, 0.05) is 27.1 Å². The second kappa shape index (κ2) is 10.7. The zero-order valence-corrected chi connectivity index (χ0v) is 20.2. The average molecular weight is 484 g/mol. The summed E-state index contributed by atoms with van der Waals surface area (Å²) in [5.74, 6) is -1.26. The van der Waals surface area contributed by atoms with E-state index in [0.29, 0.717) is 22.2 Å². The van der Waals surface area contributed by atoms with E-state index in [1.165, 1.54) is 34.9 Å². The third kappa shape index (κ3) is 6.24. The molecule has 1 heterocycles. The van der Waals surface area contributed by atoms with Gasteiger partial charge >= 0.3 is 5.97 Å². The highest BCUT2D eigenvalue weighted by atomic mass is 32.2. The van der Waals surface area contributed by atoms with Gasteiger partial charge in [-0.25, -0.2) is 4.79 Å². The summed E-state index contributed by atoms with van der Waals surface area (Å²) in [4.78, 5) is 37.5. The van der Waals surface area contributed by atoms with Gasteiger partial charge in [0.1, 0.15) is 11.1 Å². The van der Waals surface area contributed by atoms with Gasteiger partial charge in [-0.1, -0.05) is 6.92 Å². The zero-order valence-electron chi connectivity index (χ0n) is 18.6. The largest absolute Gasteiger partial charge is 0.478 e. The Balaban J connectivity index is 1.60. The molecule has 2 atom stereocenters. The summed E-state index contributed by atoms with van der Waals surface area (Å²) in [6, 6.07) is 9.22. The van der Waals surface area contributed by atoms with Crippen LogP contribution in [0.15, 0.2) is 40.8 Å². The molecule has 172 valence electrons. The number of carbonyl (C=O) groups is 3. The Bertz CT molecular complexity index is 1150. The first-order valence-corrected chi connectivity index (χ1v) is 12.2. The van der Waals surface area contributed by atoms with Gasteiger partial charge in [0.25, 0.3) is 0 Å². The number of thiophene rings is 1. The van der Waals surface area contributed by atoms with Crippen molar-refractivity contribution in [3.63, 3.8) is 0 Å². The van der Waals surface area contributed by atoms with E-state index in [0.717, 1.165) is 35.8 Å². The van der Waals surface area contributed by atoms with Crippen molar-refractivity contribution in [2.45, 2.75) is 50.2 Å². The minimum absolute atomic E-state index is 0.0554. The number of amides is 2. The van der Waals surface area contributed by atoms with Crippen LogP contribution in [0.3, 0.4) is 0 Å². The smallest absolute Gasteiger partial charge is 0.331 e. The van der Waals surface area contributed by atoms with E-state index in [2.05, 4.69) is 23.6 Å². The number of nitriles is 1. The van der Waals surface area contributed by atoms with E-state index in [9.17, 15) is 19.6 Å². The molecule has 0 bridgehead atoms. The van der Waals surface area contributed by atoms with Crippen molar-refractivity contribution in [3.05, 3.63) is 51.9 Å². The lowest BCUT2D eigenvalue weighted by molar-refractivity contribution is -0.132. The van der Waals surface area contributed by atoms with Gasteiger partial charge in [-0.3, -0.25) is 9.59 Å². The maximum atomic E-state index is 12.8. The number of carboxylic acids is 1. The molecule has 0 unspecified atom stereocenters. The van der Waals surface area contributed by atoms with Crippen molar-refractivity contribution in [1.82, 2.24) is 0 Å². The summed E-state index contributed by atoms with van der Waals surface area (Å²) < 4.78 is 0. The second-order valence-corrected chi connectivity index (χ2v) is 10.6. The molecule has 3 N–H and O–H groups in total. The molecule has 2 amide bonds. The summed E-state index contributed by atoms with van der Waals surface area (Å²) in [6.07, 6.45) is 3.91. The maximum absolute atomic E-state index is 12.8. The van der Waals surface area contributed by atoms with Gasteiger partial charge < -0.3 is 15.7 Å². The fraction of sp³-hybridized carbons (Fsp3) is 0.333. The van der Waals surface area contributed by atoms with Crippen molar-refractivity contribution in [1.29, 1.82) is 5.26 Å². The van der Waals surface area contributed by atoms with Crippen LogP contribution in [-0.4, -0.2) is 28.1 Å². The monoisotopic (exact) mass is 483 g/mol. The number of thioether (sulfide) groups is 1. The number of anilines is 2. The molecule has 2 aromatic rings. The molecule has 0 spiro atoms. The van der Waals surface area contributed by atoms with Gasteiger partial charge in [-0.05, 0) is 68.9 Å². The highest BCUT2D eigenvalue weighted by Crippen LogP contribution is 2.39. The number of benzene rings is 1. The number of carbonyl (C=O) groups excluding carboxylic acids is 2. The van der Waals surface area contributed by atoms with Crippen molar-refractivity contribution >= 4 is 51.6 Å². The Morgan fingerprint density at radius 2 is 1.97 bits per heavy atom. The Morgan fingerprint density at radius 1 is 1.27 bits per heavy atom. The minimum atomic E-state index is -1.15. The van der Waals surface area contributed by atoms with Gasteiger partial charge in [-0.2, -0.15) is 5.26 Å². The van der Waals surface area contributed by atoms with Crippen LogP contribution >= 0.6 is 23.1 Å². The van der Waals surface area contributed by atoms with Crippen molar-refractivity contribution in [2.24, 2.45) is 5.92 Å². The minimum Gasteiger partial charge on any atom is -0.478 e. The lowest BCUT2D eigenvalue weighted by Gasteiger charge is -2.17. The highest BCUT2D eigenvalue weighted by molar-refractivity contribution is 8.00. The molecule has 0 aliphatic heterocycles. The number of nitrogens with one attached hydrogen (secondary N) is 2. The lowest BCUT2D eigenvalue weighted by atomic mass is 9.89. The Hall–Kier alpha value is -3.09. The van der Waals surface area contributed by atoms with Crippen LogP contribution < -0.4 is 10.6 Å². The molecule has 0 radical (unpaired) electrons. The highest BCUT2D eigenvalue weighted by Gasteiger charge is 2.25. The second-order valence-electron chi connectivity index (χ2n) is 8.06. The van der Waals surface area contributed by atoms with Crippen LogP contribution in [0.2, 0.25) is 0 Å². The van der Waals surface area contributed by atoms with Crippen LogP contribution in [-0.2, 0) is 27.2 Å². The number of rotatable bonds is 7. The van der Waals surface area contributed by atoms with Crippen LogP contribution in [0.1, 0.15) is 43.2 Å². The summed E-state index contributed by atoms with van der Waals surface area (Å²) in [7, 11) is 0. The van der Waals surface area contributed by atoms with Crippen molar-refractivity contribution in [3.8, 4) is 6.07 Å². The van der Waals surface area contributed by atoms with Crippen LogP contribution in [0.5, 0.6) is 0 Å². The van der Waals surface area contributed by atoms with E-state index < -0.39 is 17.1 Å². The molecule has 1 aromatic carbocycles. The van der Waals surface area contributed by atoms with E-state index in [-0.39, 0.29) is 11.5 Å². The summed E-state index contributed by atoms with van der Waals surface area (Å²) in [5, 5.41) is 24.2. The van der Waals surface area contributed by atoms with Crippen LogP contribution in [0.4, 0.5) is 10.7 Å². The number of carboxylic acid groups (broad SMARTS) is 1. The third-order valence-corrected chi connectivity index (χ3v) is 7.63. The molecule has 33 heavy (non-hydrogen) atoms. The molecule has 0 saturated heterocycles. The topological polar surface area (TPSA) is 119 Å². The molecule has 1 aromatic heterocycles. The summed E-state index contributed by atoms with van der Waals surface area (Å²) >= 11 is 2.88. The molecular weight excluding hydrogens is 458 g/mol. The number of aliphatic carboxylic acids is 1. The molecule has 0 saturated carbocycles. The first kappa shape index (κ1) is 24.6. The predicted molar refractivity (Wildman–Crippen MR) is 131 cm³/mol. The lowest BCUT2D eigenvalue weighted by Crippen LogP contribution is -2.22. The fourth-order valence-corrected chi connectivity index (χ4v) is 5.71. The SMILES string of the molecule is C/C(=C\C(=O)Nc1ccc(S[C@H](C)C(=O)Nc2sc3c(c2C#N)CC[C@H](C)C3)cc1)C(=O)O. The van der Waals surface area contributed by atoms with E-state index in [1.807, 2.05) is 0 Å². The first-order chi connectivity index (χ1) is 15.7. The molecule has 7 nitrogen and oxygen atoms in total. The van der Waals surface area contributed by atoms with E-state index in [4.69, 9.17) is 5.11 Å². The summed E-state index contributed by atoms with van der Waals surface area (Å²) in [6.45, 7) is 5.35. The normalized spacial score (nSPS) is 16.3. The van der Waals surface area contributed by atoms with Crippen molar-refractivity contribution in [2.75, 3.05) is 10.6 Å². The van der Waals surface area contributed by atoms with Crippen molar-refractivity contribution < 1.29 is 19.5 Å². The maximum Gasteiger partial charge on any atom is 0.331 e. The van der Waals surface area contributed by atoms with Gasteiger partial charge in [-0.15, -0.1) is 23.1 Å². The van der Waals surface area contributed by atoms with Gasteiger partial charge in [0.15, 0.2) is 0 Å². The molecule has 0 fully saturated rings. The Morgan fingerprint density at radius 3 is 2.61 bits per heavy atom. The number of hydrogen-bond donors (Lipinski definition) is 3. The third-order valence-electron chi connectivity index (χ3n) is 5.35. The molecule has 3 rings (SSSR count). The Labute approximate surface area is 200 Å². The fourth-order valence-electron chi connectivity index (χ4n) is 3.48. The van der Waals surface area contributed by atoms with Crippen LogP contribution in [0, 0.1) is 17.2 Å². The van der Waals surface area contributed by atoms with E-state index in [1.54, 1.807) is 31.2 Å². The average Bonchev–Trinajstić information content (AvgIpc) is 3.10. The number of fused-ring (bicyclic) bond motifs is 1. The molecule has 9 heteroatoms. The number of hydrogen-bond acceptors (Lipinski definition) is 6. The quantitative estimate of drug-likeness (QED) is 0.383. The van der Waals surface area contributed by atoms with Crippen LogP contribution in [0.25, 0.3) is 0 Å². The standard InChI is InChI=1S/C24H25N3O4S2/c1-13-4-9-18-19(12-25)23(33-20(18)10-13)27-22(29)15(3)32-17-7-5-16(6-8-17)26-21(28)11-14(2)24(30)31/h5-8,11,13,15H,4,9-10H2,1-3H3,(H,26,28)(H,27,29)(H,30,31)/b14-11+/t13-,15+/m0/s1. The molecule has 1 aliphatic rings. The molecule has 1 aliphatic carbocycles. The van der Waals surface area contributed by atoms with E-state index >= 15 is 0 Å². The Kier molecular flexibility index (Phi) is 7.95. The molecular formula is C24H25N3O4S2. The predicted octanol–water partition coefficient (Wildman–Crippen LogP) is 4.83. The first-order valence-electron chi connectivity index (χ1n) is 10.5. The van der Waals surface area contributed by atoms with Gasteiger partial charge in [0.05, 0.1) is 10.8 Å². The van der Waals surface area contributed by atoms with Gasteiger partial charge in [0.2, 0.25) is 11.8 Å².